The van der Waals surface area contributed by atoms with E-state index in [1.54, 1.807) is 0 Å². The number of carboxylic acid groups (broad SMARTS) is 3. The molecule has 4 aliphatic rings. The van der Waals surface area contributed by atoms with Gasteiger partial charge in [0.1, 0.15) is 0 Å². The van der Waals surface area contributed by atoms with Crippen LogP contribution in [-0.4, -0.2) is 55.6 Å². The molecule has 0 aromatic carbocycles. The van der Waals surface area contributed by atoms with Crippen LogP contribution in [0.5, 0.6) is 0 Å². The van der Waals surface area contributed by atoms with E-state index in [1.807, 2.05) is 0 Å². The first-order valence-corrected chi connectivity index (χ1v) is 9.68. The number of fused-ring (bicyclic) bond motifs is 3. The molecule has 154 valence electrons. The molecule has 5 N–H and O–H groups in total. The maximum atomic E-state index is 12.7. The molecule has 8 nitrogen and oxygen atoms in total. The molecule has 9 atom stereocenters. The highest BCUT2D eigenvalue weighted by Crippen LogP contribution is 2.77. The molecule has 0 aromatic rings. The predicted octanol–water partition coefficient (Wildman–Crippen LogP) is 0.967. The minimum atomic E-state index is -1.91. The van der Waals surface area contributed by atoms with Gasteiger partial charge < -0.3 is 25.5 Å². The first-order valence-electron chi connectivity index (χ1n) is 9.68. The zero-order chi connectivity index (χ0) is 20.8. The SMILES string of the molecule is C=C1C[C@]23CC1[C@@H](O)C[C@H]2[C@]1(C(=O)O)CC[C@H](O)[C@@](C)(C(=O)O)[C@H]1[C@@H]3C(=O)O. The number of carbonyl (C=O) groups is 3. The number of hydrogen-bond donors (Lipinski definition) is 5. The minimum Gasteiger partial charge on any atom is -0.481 e. The number of aliphatic carboxylic acids is 3. The number of aliphatic hydroxyl groups excluding tert-OH is 2. The van der Waals surface area contributed by atoms with Crippen LogP contribution in [0.15, 0.2) is 12.2 Å². The Morgan fingerprint density at radius 1 is 1.11 bits per heavy atom. The van der Waals surface area contributed by atoms with Gasteiger partial charge in [-0.05, 0) is 50.4 Å². The maximum absolute atomic E-state index is 12.7. The molecule has 8 heteroatoms. The van der Waals surface area contributed by atoms with Crippen LogP contribution in [0.4, 0.5) is 0 Å². The molecule has 28 heavy (non-hydrogen) atoms. The molecule has 0 heterocycles. The van der Waals surface area contributed by atoms with E-state index in [1.165, 1.54) is 6.92 Å². The summed E-state index contributed by atoms with van der Waals surface area (Å²) in [6.45, 7) is 5.28. The second-order valence-corrected chi connectivity index (χ2v) is 9.52. The van der Waals surface area contributed by atoms with Crippen molar-refractivity contribution < 1.29 is 39.9 Å². The summed E-state index contributed by atoms with van der Waals surface area (Å²) in [5, 5.41) is 51.8. The van der Waals surface area contributed by atoms with Gasteiger partial charge in [-0.15, -0.1) is 0 Å². The molecule has 4 fully saturated rings. The second-order valence-electron chi connectivity index (χ2n) is 9.52. The lowest BCUT2D eigenvalue weighted by Gasteiger charge is -2.51. The van der Waals surface area contributed by atoms with Gasteiger partial charge in [-0.2, -0.15) is 0 Å². The monoisotopic (exact) mass is 394 g/mol. The maximum Gasteiger partial charge on any atom is 0.312 e. The van der Waals surface area contributed by atoms with Crippen molar-refractivity contribution in [3.05, 3.63) is 12.2 Å². The summed E-state index contributed by atoms with van der Waals surface area (Å²) in [7, 11) is 0. The first kappa shape index (κ1) is 19.4. The zero-order valence-electron chi connectivity index (χ0n) is 15.7. The Bertz CT molecular complexity index is 791. The second kappa shape index (κ2) is 5.57. The van der Waals surface area contributed by atoms with E-state index in [0.29, 0.717) is 12.0 Å². The molecule has 0 radical (unpaired) electrons. The molecular weight excluding hydrogens is 368 g/mol. The minimum absolute atomic E-state index is 0.00288. The Morgan fingerprint density at radius 2 is 1.75 bits per heavy atom. The van der Waals surface area contributed by atoms with Crippen LogP contribution in [0.1, 0.15) is 39.0 Å². The Hall–Kier alpha value is -1.93. The Kier molecular flexibility index (Phi) is 3.86. The third-order valence-electron chi connectivity index (χ3n) is 8.74. The van der Waals surface area contributed by atoms with Crippen LogP contribution in [0.2, 0.25) is 0 Å². The lowest BCUT2D eigenvalue weighted by Crippen LogP contribution is -2.60. The van der Waals surface area contributed by atoms with Crippen LogP contribution < -0.4 is 0 Å². The van der Waals surface area contributed by atoms with Crippen molar-refractivity contribution in [3.63, 3.8) is 0 Å². The molecule has 0 amide bonds. The van der Waals surface area contributed by atoms with Gasteiger partial charge in [0, 0.05) is 11.8 Å². The molecule has 0 aliphatic heterocycles. The van der Waals surface area contributed by atoms with Crippen molar-refractivity contribution in [2.24, 2.45) is 39.9 Å². The molecule has 4 saturated carbocycles. The average molecular weight is 394 g/mol. The Morgan fingerprint density at radius 3 is 2.29 bits per heavy atom. The van der Waals surface area contributed by atoms with Gasteiger partial charge in [-0.3, -0.25) is 14.4 Å². The normalized spacial score (nSPS) is 52.0. The Labute approximate surface area is 161 Å². The van der Waals surface area contributed by atoms with Crippen molar-refractivity contribution in [1.29, 1.82) is 0 Å². The van der Waals surface area contributed by atoms with Crippen molar-refractivity contribution in [3.8, 4) is 0 Å². The van der Waals surface area contributed by atoms with Crippen LogP contribution in [0.25, 0.3) is 0 Å². The fraction of sp³-hybridized carbons (Fsp3) is 0.750. The number of hydrogen-bond acceptors (Lipinski definition) is 5. The highest BCUT2D eigenvalue weighted by molar-refractivity contribution is 5.86. The quantitative estimate of drug-likeness (QED) is 0.444. The number of rotatable bonds is 3. The highest BCUT2D eigenvalue weighted by Gasteiger charge is 2.81. The Balaban J connectivity index is 2.03. The van der Waals surface area contributed by atoms with Crippen LogP contribution in [0, 0.1) is 39.9 Å². The topological polar surface area (TPSA) is 152 Å². The molecule has 1 unspecified atom stereocenters. The average Bonchev–Trinajstić information content (AvgIpc) is 3.03. The van der Waals surface area contributed by atoms with E-state index < -0.39 is 64.1 Å². The van der Waals surface area contributed by atoms with Crippen molar-refractivity contribution in [2.75, 3.05) is 0 Å². The van der Waals surface area contributed by atoms with E-state index in [-0.39, 0.29) is 31.6 Å². The van der Waals surface area contributed by atoms with Gasteiger partial charge in [-0.1, -0.05) is 12.2 Å². The lowest BCUT2D eigenvalue weighted by molar-refractivity contribution is -0.192. The summed E-state index contributed by atoms with van der Waals surface area (Å²) >= 11 is 0. The highest BCUT2D eigenvalue weighted by atomic mass is 16.4. The van der Waals surface area contributed by atoms with E-state index in [4.69, 9.17) is 0 Å². The zero-order valence-corrected chi connectivity index (χ0v) is 15.7. The van der Waals surface area contributed by atoms with Gasteiger partial charge in [0.15, 0.2) is 0 Å². The van der Waals surface area contributed by atoms with Crippen LogP contribution in [0.3, 0.4) is 0 Å². The smallest absolute Gasteiger partial charge is 0.312 e. The summed E-state index contributed by atoms with van der Waals surface area (Å²) in [6.07, 6.45) is -1.52. The van der Waals surface area contributed by atoms with E-state index in [0.717, 1.165) is 0 Å². The number of aliphatic hydroxyl groups is 2. The van der Waals surface area contributed by atoms with E-state index in [2.05, 4.69) is 6.58 Å². The molecule has 4 aliphatic carbocycles. The summed E-state index contributed by atoms with van der Waals surface area (Å²) in [5.74, 6) is -7.34. The van der Waals surface area contributed by atoms with Crippen LogP contribution in [-0.2, 0) is 14.4 Å². The molecule has 2 bridgehead atoms. The van der Waals surface area contributed by atoms with Gasteiger partial charge in [-0.25, -0.2) is 0 Å². The van der Waals surface area contributed by atoms with Crippen LogP contribution >= 0.6 is 0 Å². The van der Waals surface area contributed by atoms with Gasteiger partial charge in [0.2, 0.25) is 0 Å². The molecule has 4 rings (SSSR count). The van der Waals surface area contributed by atoms with Crippen molar-refractivity contribution in [1.82, 2.24) is 0 Å². The van der Waals surface area contributed by atoms with E-state index in [9.17, 15) is 39.9 Å². The van der Waals surface area contributed by atoms with Gasteiger partial charge in [0.25, 0.3) is 0 Å². The van der Waals surface area contributed by atoms with Gasteiger partial charge >= 0.3 is 17.9 Å². The summed E-state index contributed by atoms with van der Waals surface area (Å²) in [4.78, 5) is 37.5. The fourth-order valence-electron chi connectivity index (χ4n) is 7.66. The molecule has 0 saturated heterocycles. The third-order valence-corrected chi connectivity index (χ3v) is 8.74. The number of carboxylic acids is 3. The fourth-order valence-corrected chi connectivity index (χ4v) is 7.66. The largest absolute Gasteiger partial charge is 0.481 e. The third kappa shape index (κ3) is 1.90. The molecule has 1 spiro atoms. The molecular formula is C20H26O8. The molecule has 0 aromatic heterocycles. The van der Waals surface area contributed by atoms with Gasteiger partial charge in [0.05, 0.1) is 29.0 Å². The predicted molar refractivity (Wildman–Crippen MR) is 94.1 cm³/mol. The first-order chi connectivity index (χ1) is 12.9. The summed E-state index contributed by atoms with van der Waals surface area (Å²) < 4.78 is 0. The summed E-state index contributed by atoms with van der Waals surface area (Å²) in [6, 6.07) is 0. The summed E-state index contributed by atoms with van der Waals surface area (Å²) in [5.41, 5.74) is -3.78. The van der Waals surface area contributed by atoms with Crippen molar-refractivity contribution in [2.45, 2.75) is 51.2 Å². The van der Waals surface area contributed by atoms with E-state index >= 15 is 0 Å². The van der Waals surface area contributed by atoms with Crippen molar-refractivity contribution >= 4 is 17.9 Å². The lowest BCUT2D eigenvalue weighted by atomic mass is 9.51. The standard InChI is InChI=1S/C20H26O8/c1-8-6-19-7-9(8)10(21)5-11(19)20(17(27)28)4-3-12(22)18(2,16(25)26)14(20)13(19)15(23)24/h9-14,21-22H,1,3-7H2,2H3,(H,23,24)(H,25,26)(H,27,28)/t9?,10-,11+,12-,13+,14+,18+,19-,20+/m0/s1.